The summed E-state index contributed by atoms with van der Waals surface area (Å²) in [5, 5.41) is 3.06. The smallest absolute Gasteiger partial charge is 0.238 e. The van der Waals surface area contributed by atoms with Crippen molar-refractivity contribution in [1.82, 2.24) is 4.90 Å². The average Bonchev–Trinajstić information content (AvgIpc) is 2.39. The number of anilines is 1. The molecule has 0 spiro atoms. The highest BCUT2D eigenvalue weighted by Crippen LogP contribution is 2.20. The molecule has 1 amide bonds. The van der Waals surface area contributed by atoms with Crippen LogP contribution in [0.1, 0.15) is 31.9 Å². The van der Waals surface area contributed by atoms with Crippen molar-refractivity contribution in [2.45, 2.75) is 34.1 Å². The van der Waals surface area contributed by atoms with E-state index < -0.39 is 0 Å². The normalized spacial score (nSPS) is 10.7. The average molecular weight is 274 g/mol. The summed E-state index contributed by atoms with van der Waals surface area (Å²) in [7, 11) is 0. The highest BCUT2D eigenvalue weighted by Gasteiger charge is 2.12. The molecule has 0 aliphatic carbocycles. The molecule has 0 atom stereocenters. The van der Waals surface area contributed by atoms with Gasteiger partial charge in [0.05, 0.1) is 6.54 Å². The third kappa shape index (κ3) is 4.82. The Bertz CT molecular complexity index is 480. The van der Waals surface area contributed by atoms with Gasteiger partial charge in [-0.2, -0.15) is 0 Å². The third-order valence-corrected chi connectivity index (χ3v) is 3.31. The molecule has 0 bridgehead atoms. The molecular formula is C17H26N2O. The minimum atomic E-state index is 0.0390. The highest BCUT2D eigenvalue weighted by atomic mass is 16.2. The van der Waals surface area contributed by atoms with E-state index in [-0.39, 0.29) is 5.91 Å². The zero-order valence-corrected chi connectivity index (χ0v) is 13.1. The van der Waals surface area contributed by atoms with E-state index >= 15 is 0 Å². The summed E-state index contributed by atoms with van der Waals surface area (Å²) in [4.78, 5) is 14.3. The quantitative estimate of drug-likeness (QED) is 0.773. The first-order chi connectivity index (χ1) is 9.47. The lowest BCUT2D eigenvalue weighted by Gasteiger charge is -2.21. The van der Waals surface area contributed by atoms with E-state index in [9.17, 15) is 4.79 Å². The molecule has 0 saturated heterocycles. The van der Waals surface area contributed by atoms with E-state index in [1.54, 1.807) is 0 Å². The van der Waals surface area contributed by atoms with Crippen LogP contribution in [0, 0.1) is 6.92 Å². The predicted molar refractivity (Wildman–Crippen MR) is 86.1 cm³/mol. The Kier molecular flexibility index (Phi) is 6.46. The van der Waals surface area contributed by atoms with Crippen molar-refractivity contribution in [2.75, 3.05) is 25.0 Å². The van der Waals surface area contributed by atoms with Crippen molar-refractivity contribution in [3.05, 3.63) is 41.5 Å². The van der Waals surface area contributed by atoms with Crippen LogP contribution in [0.4, 0.5) is 5.69 Å². The summed E-state index contributed by atoms with van der Waals surface area (Å²) in [6, 6.07) is 6.12. The molecule has 0 saturated carbocycles. The maximum atomic E-state index is 12.2. The van der Waals surface area contributed by atoms with E-state index in [1.165, 1.54) is 5.56 Å². The first-order valence-corrected chi connectivity index (χ1v) is 7.23. The van der Waals surface area contributed by atoms with Gasteiger partial charge in [0.1, 0.15) is 0 Å². The van der Waals surface area contributed by atoms with Crippen molar-refractivity contribution in [3.63, 3.8) is 0 Å². The van der Waals surface area contributed by atoms with Crippen LogP contribution in [0.3, 0.4) is 0 Å². The number of rotatable bonds is 7. The number of carbonyl (C=O) groups excluding carboxylic acids is 1. The number of amides is 1. The van der Waals surface area contributed by atoms with Gasteiger partial charge in [-0.25, -0.2) is 0 Å². The first-order valence-electron chi connectivity index (χ1n) is 7.23. The van der Waals surface area contributed by atoms with Crippen LogP contribution in [0.5, 0.6) is 0 Å². The Labute approximate surface area is 122 Å². The van der Waals surface area contributed by atoms with Gasteiger partial charge in [0, 0.05) is 12.2 Å². The van der Waals surface area contributed by atoms with Crippen LogP contribution in [0.25, 0.3) is 0 Å². The molecule has 1 rings (SSSR count). The minimum Gasteiger partial charge on any atom is -0.324 e. The summed E-state index contributed by atoms with van der Waals surface area (Å²) in [5.74, 6) is 0.0390. The minimum absolute atomic E-state index is 0.0390. The number of benzene rings is 1. The fourth-order valence-corrected chi connectivity index (χ4v) is 2.25. The lowest BCUT2D eigenvalue weighted by molar-refractivity contribution is -0.117. The molecule has 0 heterocycles. The molecule has 0 aliphatic heterocycles. The topological polar surface area (TPSA) is 32.3 Å². The Hall–Kier alpha value is -1.61. The monoisotopic (exact) mass is 274 g/mol. The molecule has 3 heteroatoms. The van der Waals surface area contributed by atoms with Crippen LogP contribution >= 0.6 is 0 Å². The molecule has 0 unspecified atom stereocenters. The lowest BCUT2D eigenvalue weighted by Crippen LogP contribution is -2.34. The number of nitrogens with zero attached hydrogens (tertiary/aromatic N) is 1. The lowest BCUT2D eigenvalue weighted by atomic mass is 10.1. The molecule has 0 radical (unpaired) electrons. The second-order valence-corrected chi connectivity index (χ2v) is 5.27. The Morgan fingerprint density at radius 1 is 1.30 bits per heavy atom. The van der Waals surface area contributed by atoms with Crippen LogP contribution in [-0.4, -0.2) is 30.4 Å². The van der Waals surface area contributed by atoms with Gasteiger partial charge in [0.15, 0.2) is 0 Å². The van der Waals surface area contributed by atoms with E-state index in [2.05, 4.69) is 36.7 Å². The molecule has 20 heavy (non-hydrogen) atoms. The summed E-state index contributed by atoms with van der Waals surface area (Å²) in [6.07, 6.45) is 0.917. The van der Waals surface area contributed by atoms with Gasteiger partial charge < -0.3 is 5.32 Å². The van der Waals surface area contributed by atoms with Gasteiger partial charge in [-0.3, -0.25) is 9.69 Å². The van der Waals surface area contributed by atoms with Crippen LogP contribution in [0.2, 0.25) is 0 Å². The Balaban J connectivity index is 2.73. The number of aryl methyl sites for hydroxylation is 2. The van der Waals surface area contributed by atoms with E-state index in [4.69, 9.17) is 0 Å². The van der Waals surface area contributed by atoms with Gasteiger partial charge in [-0.1, -0.05) is 44.2 Å². The number of para-hydroxylation sites is 1. The first kappa shape index (κ1) is 16.4. The van der Waals surface area contributed by atoms with Crippen LogP contribution in [0.15, 0.2) is 30.4 Å². The van der Waals surface area contributed by atoms with Crippen molar-refractivity contribution in [1.29, 1.82) is 0 Å². The van der Waals surface area contributed by atoms with E-state index in [1.807, 2.05) is 26.0 Å². The standard InChI is InChI=1S/C17H26N2O/c1-6-15-10-8-9-14(5)17(15)18-16(20)12-19(7-2)11-13(3)4/h8-10H,3,6-7,11-12H2,1-2,4-5H3,(H,18,20). The maximum Gasteiger partial charge on any atom is 0.238 e. The van der Waals surface area contributed by atoms with E-state index in [0.717, 1.165) is 36.3 Å². The number of nitrogens with one attached hydrogen (secondary N) is 1. The fourth-order valence-electron chi connectivity index (χ4n) is 2.25. The number of hydrogen-bond acceptors (Lipinski definition) is 2. The second kappa shape index (κ2) is 7.85. The van der Waals surface area contributed by atoms with Gasteiger partial charge in [-0.15, -0.1) is 0 Å². The van der Waals surface area contributed by atoms with Crippen molar-refractivity contribution in [3.8, 4) is 0 Å². The van der Waals surface area contributed by atoms with E-state index in [0.29, 0.717) is 6.54 Å². The molecule has 110 valence electrons. The molecule has 1 N–H and O–H groups in total. The second-order valence-electron chi connectivity index (χ2n) is 5.27. The Morgan fingerprint density at radius 2 is 2.00 bits per heavy atom. The summed E-state index contributed by atoms with van der Waals surface area (Å²) in [5.41, 5.74) is 4.33. The summed E-state index contributed by atoms with van der Waals surface area (Å²) < 4.78 is 0. The number of likely N-dealkylation sites (N-methyl/N-ethyl adjacent to an activating group) is 1. The number of carbonyl (C=O) groups is 1. The molecule has 0 fully saturated rings. The van der Waals surface area contributed by atoms with Gasteiger partial charge in [0.25, 0.3) is 0 Å². The fraction of sp³-hybridized carbons (Fsp3) is 0.471. The van der Waals surface area contributed by atoms with Gasteiger partial charge in [0.2, 0.25) is 5.91 Å². The van der Waals surface area contributed by atoms with Crippen LogP contribution < -0.4 is 5.32 Å². The number of hydrogen-bond donors (Lipinski definition) is 1. The molecular weight excluding hydrogens is 248 g/mol. The molecule has 3 nitrogen and oxygen atoms in total. The zero-order valence-electron chi connectivity index (χ0n) is 13.1. The highest BCUT2D eigenvalue weighted by molar-refractivity contribution is 5.93. The van der Waals surface area contributed by atoms with Gasteiger partial charge >= 0.3 is 0 Å². The maximum absolute atomic E-state index is 12.2. The third-order valence-electron chi connectivity index (χ3n) is 3.31. The summed E-state index contributed by atoms with van der Waals surface area (Å²) in [6.45, 7) is 14.1. The molecule has 1 aromatic rings. The predicted octanol–water partition coefficient (Wildman–Crippen LogP) is 3.39. The molecule has 0 aliphatic rings. The molecule has 1 aromatic carbocycles. The largest absolute Gasteiger partial charge is 0.324 e. The van der Waals surface area contributed by atoms with Crippen LogP contribution in [-0.2, 0) is 11.2 Å². The molecule has 0 aromatic heterocycles. The summed E-state index contributed by atoms with van der Waals surface area (Å²) >= 11 is 0. The van der Waals surface area contributed by atoms with Crippen molar-refractivity contribution in [2.24, 2.45) is 0 Å². The Morgan fingerprint density at radius 3 is 2.55 bits per heavy atom. The van der Waals surface area contributed by atoms with Crippen molar-refractivity contribution < 1.29 is 4.79 Å². The van der Waals surface area contributed by atoms with Gasteiger partial charge in [-0.05, 0) is 37.9 Å². The SMILES string of the molecule is C=C(C)CN(CC)CC(=O)Nc1c(C)cccc1CC. The zero-order chi connectivity index (χ0) is 15.1. The van der Waals surface area contributed by atoms with Crippen molar-refractivity contribution >= 4 is 11.6 Å².